The van der Waals surface area contributed by atoms with E-state index in [4.69, 9.17) is 5.11 Å². The van der Waals surface area contributed by atoms with Crippen molar-refractivity contribution in [3.8, 4) is 0 Å². The third-order valence-corrected chi connectivity index (χ3v) is 3.47. The maximum atomic E-state index is 12.1. The van der Waals surface area contributed by atoms with E-state index in [0.29, 0.717) is 36.2 Å². The lowest BCUT2D eigenvalue weighted by Gasteiger charge is -2.12. The van der Waals surface area contributed by atoms with E-state index in [1.807, 2.05) is 6.92 Å². The lowest BCUT2D eigenvalue weighted by molar-refractivity contribution is -0.143. The van der Waals surface area contributed by atoms with Gasteiger partial charge in [-0.3, -0.25) is 9.59 Å². The Morgan fingerprint density at radius 2 is 2.11 bits per heavy atom. The summed E-state index contributed by atoms with van der Waals surface area (Å²) < 4.78 is 0. The molecule has 0 unspecified atom stereocenters. The Morgan fingerprint density at radius 1 is 1.42 bits per heavy atom. The molecular weight excluding hydrogens is 246 g/mol. The molecule has 1 aromatic heterocycles. The Hall–Kier alpha value is -1.98. The van der Waals surface area contributed by atoms with Gasteiger partial charge in [0.05, 0.1) is 22.4 Å². The van der Waals surface area contributed by atoms with Crippen LogP contribution in [-0.2, 0) is 11.2 Å². The second-order valence-electron chi connectivity index (χ2n) is 4.97. The molecule has 1 aliphatic carbocycles. The first kappa shape index (κ1) is 13.5. The van der Waals surface area contributed by atoms with E-state index in [2.05, 4.69) is 15.5 Å². The molecule has 0 aromatic carbocycles. The van der Waals surface area contributed by atoms with Gasteiger partial charge in [0.15, 0.2) is 0 Å². The van der Waals surface area contributed by atoms with E-state index in [1.165, 1.54) is 0 Å². The molecule has 2 rings (SSSR count). The molecule has 6 nitrogen and oxygen atoms in total. The minimum Gasteiger partial charge on any atom is -0.481 e. The maximum Gasteiger partial charge on any atom is 0.311 e. The molecule has 1 aromatic rings. The molecule has 1 saturated carbocycles. The van der Waals surface area contributed by atoms with Crippen LogP contribution in [0.1, 0.15) is 41.5 Å². The number of aliphatic carboxylic acids is 1. The molecule has 0 aliphatic heterocycles. The Bertz CT molecular complexity index is 524. The van der Waals surface area contributed by atoms with Gasteiger partial charge in [0.2, 0.25) is 0 Å². The van der Waals surface area contributed by atoms with E-state index in [-0.39, 0.29) is 12.5 Å². The fourth-order valence-electron chi connectivity index (χ4n) is 1.93. The number of aromatic nitrogens is 2. The van der Waals surface area contributed by atoms with Crippen LogP contribution >= 0.6 is 0 Å². The van der Waals surface area contributed by atoms with Crippen molar-refractivity contribution in [1.29, 1.82) is 0 Å². The average Bonchev–Trinajstić information content (AvgIpc) is 3.17. The summed E-state index contributed by atoms with van der Waals surface area (Å²) in [6, 6.07) is 1.68. The van der Waals surface area contributed by atoms with E-state index in [9.17, 15) is 9.59 Å². The van der Waals surface area contributed by atoms with Crippen LogP contribution in [0.2, 0.25) is 0 Å². The largest absolute Gasteiger partial charge is 0.481 e. The zero-order valence-corrected chi connectivity index (χ0v) is 11.1. The second kappa shape index (κ2) is 4.95. The zero-order chi connectivity index (χ0) is 14.0. The van der Waals surface area contributed by atoms with E-state index in [0.717, 1.165) is 0 Å². The molecule has 19 heavy (non-hydrogen) atoms. The highest BCUT2D eigenvalue weighted by molar-refractivity contribution is 5.95. The summed E-state index contributed by atoms with van der Waals surface area (Å²) >= 11 is 0. The molecule has 0 atom stereocenters. The number of aryl methyl sites for hydroxylation is 2. The summed E-state index contributed by atoms with van der Waals surface area (Å²) in [6.45, 7) is 3.84. The molecule has 1 aliphatic rings. The average molecular weight is 263 g/mol. The Kier molecular flexibility index (Phi) is 3.50. The number of hydrogen-bond donors (Lipinski definition) is 2. The summed E-state index contributed by atoms with van der Waals surface area (Å²) in [6.07, 6.45) is 1.86. The number of hydrogen-bond acceptors (Lipinski definition) is 4. The van der Waals surface area contributed by atoms with Gasteiger partial charge in [-0.25, -0.2) is 0 Å². The van der Waals surface area contributed by atoms with Crippen LogP contribution in [0, 0.1) is 12.3 Å². The van der Waals surface area contributed by atoms with Crippen LogP contribution in [-0.4, -0.2) is 33.7 Å². The Morgan fingerprint density at radius 3 is 2.63 bits per heavy atom. The van der Waals surface area contributed by atoms with Crippen molar-refractivity contribution in [2.45, 2.75) is 33.1 Å². The minimum atomic E-state index is -0.840. The minimum absolute atomic E-state index is 0.172. The number of carbonyl (C=O) groups excluding carboxylic acids is 1. The molecule has 1 amide bonds. The van der Waals surface area contributed by atoms with Crippen LogP contribution in [0.5, 0.6) is 0 Å². The number of amides is 1. The lowest BCUT2D eigenvalue weighted by atomic mass is 10.1. The first-order valence-corrected chi connectivity index (χ1v) is 6.33. The van der Waals surface area contributed by atoms with Crippen molar-refractivity contribution in [3.63, 3.8) is 0 Å². The van der Waals surface area contributed by atoms with Crippen LogP contribution in [0.15, 0.2) is 6.07 Å². The van der Waals surface area contributed by atoms with Gasteiger partial charge in [-0.05, 0) is 32.3 Å². The standard InChI is InChI=1S/C13H17N3O3/c1-3-10-9(6-8(2)15-16-10)11(17)14-7-13(4-5-13)12(18)19/h6H,3-5,7H2,1-2H3,(H,14,17)(H,18,19). The topological polar surface area (TPSA) is 92.2 Å². The number of nitrogens with one attached hydrogen (secondary N) is 1. The number of carboxylic acids is 1. The zero-order valence-electron chi connectivity index (χ0n) is 11.1. The normalized spacial score (nSPS) is 15.9. The van der Waals surface area contributed by atoms with Crippen LogP contribution < -0.4 is 5.32 Å². The smallest absolute Gasteiger partial charge is 0.311 e. The van der Waals surface area contributed by atoms with Crippen molar-refractivity contribution in [2.75, 3.05) is 6.54 Å². The number of carbonyl (C=O) groups is 2. The molecule has 1 heterocycles. The van der Waals surface area contributed by atoms with E-state index in [1.54, 1.807) is 13.0 Å². The highest BCUT2D eigenvalue weighted by Gasteiger charge is 2.50. The summed E-state index contributed by atoms with van der Waals surface area (Å²) in [5.41, 5.74) is 1.03. The third-order valence-electron chi connectivity index (χ3n) is 3.47. The monoisotopic (exact) mass is 263 g/mol. The van der Waals surface area contributed by atoms with Crippen molar-refractivity contribution < 1.29 is 14.7 Å². The van der Waals surface area contributed by atoms with Gasteiger partial charge >= 0.3 is 5.97 Å². The molecule has 6 heteroatoms. The van der Waals surface area contributed by atoms with Crippen LogP contribution in [0.4, 0.5) is 0 Å². The number of rotatable bonds is 5. The predicted octanol–water partition coefficient (Wildman–Crippen LogP) is 0.942. The summed E-state index contributed by atoms with van der Waals surface area (Å²) in [5.74, 6) is -1.12. The van der Waals surface area contributed by atoms with Gasteiger partial charge in [0.25, 0.3) is 5.91 Å². The van der Waals surface area contributed by atoms with Gasteiger partial charge in [0.1, 0.15) is 0 Å². The van der Waals surface area contributed by atoms with Crippen LogP contribution in [0.25, 0.3) is 0 Å². The molecule has 2 N–H and O–H groups in total. The Balaban J connectivity index is 2.08. The van der Waals surface area contributed by atoms with E-state index >= 15 is 0 Å². The molecule has 0 spiro atoms. The van der Waals surface area contributed by atoms with Crippen molar-refractivity contribution in [1.82, 2.24) is 15.5 Å². The predicted molar refractivity (Wildman–Crippen MR) is 67.8 cm³/mol. The quantitative estimate of drug-likeness (QED) is 0.824. The third kappa shape index (κ3) is 2.72. The van der Waals surface area contributed by atoms with E-state index < -0.39 is 11.4 Å². The maximum absolute atomic E-state index is 12.1. The summed E-state index contributed by atoms with van der Waals surface area (Å²) in [7, 11) is 0. The molecule has 0 bridgehead atoms. The first-order valence-electron chi connectivity index (χ1n) is 6.33. The SMILES string of the molecule is CCc1nnc(C)cc1C(=O)NCC1(C(=O)O)CC1. The molecule has 1 fully saturated rings. The highest BCUT2D eigenvalue weighted by Crippen LogP contribution is 2.45. The first-order chi connectivity index (χ1) is 8.98. The van der Waals surface area contributed by atoms with Crippen LogP contribution in [0.3, 0.4) is 0 Å². The van der Waals surface area contributed by atoms with Crippen molar-refractivity contribution in [2.24, 2.45) is 5.41 Å². The molecule has 102 valence electrons. The molecule has 0 saturated heterocycles. The fraction of sp³-hybridized carbons (Fsp3) is 0.538. The number of nitrogens with zero attached hydrogens (tertiary/aromatic N) is 2. The second-order valence-corrected chi connectivity index (χ2v) is 4.97. The molecular formula is C13H17N3O3. The molecule has 0 radical (unpaired) electrons. The summed E-state index contributed by atoms with van der Waals surface area (Å²) in [5, 5.41) is 19.7. The summed E-state index contributed by atoms with van der Waals surface area (Å²) in [4.78, 5) is 23.1. The number of carboxylic acid groups (broad SMARTS) is 1. The van der Waals surface area contributed by atoms with Gasteiger partial charge in [-0.15, -0.1) is 0 Å². The van der Waals surface area contributed by atoms with Gasteiger partial charge in [-0.2, -0.15) is 10.2 Å². The van der Waals surface area contributed by atoms with Gasteiger partial charge < -0.3 is 10.4 Å². The van der Waals surface area contributed by atoms with Gasteiger partial charge in [0, 0.05) is 6.54 Å². The fourth-order valence-corrected chi connectivity index (χ4v) is 1.93. The van der Waals surface area contributed by atoms with Gasteiger partial charge in [-0.1, -0.05) is 6.92 Å². The Labute approximate surface area is 111 Å². The highest BCUT2D eigenvalue weighted by atomic mass is 16.4. The lowest BCUT2D eigenvalue weighted by Crippen LogP contribution is -2.34. The van der Waals surface area contributed by atoms with Crippen molar-refractivity contribution in [3.05, 3.63) is 23.0 Å². The van der Waals surface area contributed by atoms with Crippen molar-refractivity contribution >= 4 is 11.9 Å².